The van der Waals surface area contributed by atoms with Crippen LogP contribution in [0.15, 0.2) is 41.8 Å². The van der Waals surface area contributed by atoms with Gasteiger partial charge in [0.2, 0.25) is 0 Å². The van der Waals surface area contributed by atoms with Gasteiger partial charge in [0.15, 0.2) is 0 Å². The summed E-state index contributed by atoms with van der Waals surface area (Å²) in [6, 6.07) is 7.06. The van der Waals surface area contributed by atoms with Crippen molar-refractivity contribution in [1.29, 1.82) is 0 Å². The minimum Gasteiger partial charge on any atom is -0.481 e. The van der Waals surface area contributed by atoms with E-state index in [1.807, 2.05) is 0 Å². The summed E-state index contributed by atoms with van der Waals surface area (Å²) < 4.78 is 0. The summed E-state index contributed by atoms with van der Waals surface area (Å²) in [5.74, 6) is -0.941. The Kier molecular flexibility index (Phi) is 4.84. The number of carboxylic acid groups (broad SMARTS) is 1. The van der Waals surface area contributed by atoms with Crippen molar-refractivity contribution < 1.29 is 15.1 Å². The molecule has 1 aromatic heterocycles. The van der Waals surface area contributed by atoms with Crippen LogP contribution < -0.4 is 0 Å². The number of aromatic nitrogens is 2. The highest BCUT2D eigenvalue weighted by Gasteiger charge is 2.08. The Hall–Kier alpha value is -2.47. The largest absolute Gasteiger partial charge is 0.481 e. The van der Waals surface area contributed by atoms with Gasteiger partial charge >= 0.3 is 5.97 Å². The van der Waals surface area contributed by atoms with Crippen LogP contribution >= 0.6 is 11.6 Å². The summed E-state index contributed by atoms with van der Waals surface area (Å²) >= 11 is 5.68. The van der Waals surface area contributed by atoms with Crippen LogP contribution in [0.1, 0.15) is 18.4 Å². The molecule has 2 aromatic rings. The normalized spacial score (nSPS) is 11.4. The molecule has 0 unspecified atom stereocenters. The van der Waals surface area contributed by atoms with E-state index in [0.717, 1.165) is 5.56 Å². The number of carbonyl (C=O) groups is 1. The molecule has 0 saturated heterocycles. The number of nitrogens with zero attached hydrogens (tertiary/aromatic N) is 3. The van der Waals surface area contributed by atoms with Gasteiger partial charge in [-0.15, -0.1) is 0 Å². The van der Waals surface area contributed by atoms with Crippen molar-refractivity contribution in [3.63, 3.8) is 0 Å². The minimum atomic E-state index is -0.941. The Morgan fingerprint density at radius 2 is 1.86 bits per heavy atom. The molecule has 7 heteroatoms. The van der Waals surface area contributed by atoms with Gasteiger partial charge in [0, 0.05) is 12.0 Å². The monoisotopic (exact) mass is 305 g/mol. The lowest BCUT2D eigenvalue weighted by molar-refractivity contribution is -0.136. The minimum absolute atomic E-state index is 0.0934. The third-order valence-electron chi connectivity index (χ3n) is 2.83. The molecule has 0 atom stereocenters. The van der Waals surface area contributed by atoms with Crippen LogP contribution in [0, 0.1) is 0 Å². The van der Waals surface area contributed by atoms with Crippen molar-refractivity contribution >= 4 is 23.3 Å². The van der Waals surface area contributed by atoms with Crippen LogP contribution in [0.3, 0.4) is 0 Å². The summed E-state index contributed by atoms with van der Waals surface area (Å²) in [6.45, 7) is 0. The smallest absolute Gasteiger partial charge is 0.303 e. The molecule has 2 N–H and O–H groups in total. The predicted octanol–water partition coefficient (Wildman–Crippen LogP) is 2.84. The van der Waals surface area contributed by atoms with E-state index in [4.69, 9.17) is 21.9 Å². The summed E-state index contributed by atoms with van der Waals surface area (Å²) in [4.78, 5) is 18.7. The summed E-state index contributed by atoms with van der Waals surface area (Å²) in [5.41, 5.74) is 2.48. The number of aliphatic carboxylic acids is 1. The highest BCUT2D eigenvalue weighted by Crippen LogP contribution is 2.18. The topological polar surface area (TPSA) is 95.7 Å². The molecule has 0 aliphatic rings. The van der Waals surface area contributed by atoms with E-state index in [-0.39, 0.29) is 12.8 Å². The lowest BCUT2D eigenvalue weighted by atomic mass is 10.0. The molecule has 1 heterocycles. The van der Waals surface area contributed by atoms with Gasteiger partial charge < -0.3 is 10.3 Å². The molecular formula is C14H12ClN3O3. The van der Waals surface area contributed by atoms with E-state index in [0.29, 0.717) is 22.1 Å². The first-order valence-corrected chi connectivity index (χ1v) is 6.49. The van der Waals surface area contributed by atoms with Gasteiger partial charge in [-0.05, 0) is 5.56 Å². The lowest BCUT2D eigenvalue weighted by Gasteiger charge is -2.05. The highest BCUT2D eigenvalue weighted by molar-refractivity contribution is 6.29. The maximum Gasteiger partial charge on any atom is 0.303 e. The molecule has 0 aliphatic heterocycles. The van der Waals surface area contributed by atoms with E-state index in [1.165, 1.54) is 6.20 Å². The zero-order chi connectivity index (χ0) is 15.2. The zero-order valence-corrected chi connectivity index (χ0v) is 11.7. The quantitative estimate of drug-likeness (QED) is 0.503. The summed E-state index contributed by atoms with van der Waals surface area (Å²) in [5, 5.41) is 21.1. The van der Waals surface area contributed by atoms with Crippen molar-refractivity contribution in [1.82, 2.24) is 9.97 Å². The van der Waals surface area contributed by atoms with Gasteiger partial charge in [-0.2, -0.15) is 0 Å². The fourth-order valence-corrected chi connectivity index (χ4v) is 1.87. The van der Waals surface area contributed by atoms with Gasteiger partial charge in [-0.25, -0.2) is 4.98 Å². The number of rotatable bonds is 5. The van der Waals surface area contributed by atoms with E-state index >= 15 is 0 Å². The first-order valence-electron chi connectivity index (χ1n) is 6.11. The highest BCUT2D eigenvalue weighted by atomic mass is 35.5. The van der Waals surface area contributed by atoms with E-state index in [1.54, 1.807) is 30.5 Å². The molecule has 0 amide bonds. The number of benzene rings is 1. The Labute approximate surface area is 125 Å². The molecule has 0 radical (unpaired) electrons. The van der Waals surface area contributed by atoms with E-state index < -0.39 is 5.97 Å². The molecular weight excluding hydrogens is 294 g/mol. The molecule has 1 aromatic carbocycles. The van der Waals surface area contributed by atoms with Crippen LogP contribution in [0.25, 0.3) is 11.3 Å². The Morgan fingerprint density at radius 1 is 1.14 bits per heavy atom. The maximum absolute atomic E-state index is 10.6. The van der Waals surface area contributed by atoms with Gasteiger partial charge in [0.25, 0.3) is 0 Å². The van der Waals surface area contributed by atoms with Gasteiger partial charge in [-0.3, -0.25) is 9.78 Å². The average molecular weight is 306 g/mol. The molecule has 108 valence electrons. The number of oxime groups is 1. The van der Waals surface area contributed by atoms with Crippen molar-refractivity contribution in [2.75, 3.05) is 0 Å². The predicted molar refractivity (Wildman–Crippen MR) is 77.7 cm³/mol. The second-order valence-electron chi connectivity index (χ2n) is 4.24. The zero-order valence-electron chi connectivity index (χ0n) is 10.9. The molecule has 0 bridgehead atoms. The second-order valence-corrected chi connectivity index (χ2v) is 4.63. The fraction of sp³-hybridized carbons (Fsp3) is 0.143. The van der Waals surface area contributed by atoms with Crippen LogP contribution in [0.4, 0.5) is 0 Å². The Morgan fingerprint density at radius 3 is 2.38 bits per heavy atom. The molecule has 0 spiro atoms. The van der Waals surface area contributed by atoms with Crippen molar-refractivity contribution in [3.8, 4) is 11.3 Å². The molecule has 2 rings (SSSR count). The van der Waals surface area contributed by atoms with Crippen LogP contribution in [0.2, 0.25) is 5.15 Å². The molecule has 0 fully saturated rings. The lowest BCUT2D eigenvalue weighted by Crippen LogP contribution is -2.05. The maximum atomic E-state index is 10.6. The number of hydrogen-bond donors (Lipinski definition) is 2. The molecule has 21 heavy (non-hydrogen) atoms. The van der Waals surface area contributed by atoms with Crippen molar-refractivity contribution in [2.45, 2.75) is 12.8 Å². The van der Waals surface area contributed by atoms with Gasteiger partial charge in [-0.1, -0.05) is 41.0 Å². The Balaban J connectivity index is 2.18. The van der Waals surface area contributed by atoms with Gasteiger partial charge in [0.05, 0.1) is 30.2 Å². The summed E-state index contributed by atoms with van der Waals surface area (Å²) in [6.07, 6.45) is 3.08. The van der Waals surface area contributed by atoms with Crippen LogP contribution in [-0.2, 0) is 4.79 Å². The van der Waals surface area contributed by atoms with Gasteiger partial charge in [0.1, 0.15) is 5.15 Å². The fourth-order valence-electron chi connectivity index (χ4n) is 1.77. The third kappa shape index (κ3) is 4.00. The second kappa shape index (κ2) is 6.81. The van der Waals surface area contributed by atoms with Crippen LogP contribution in [0.5, 0.6) is 0 Å². The molecule has 0 saturated carbocycles. The molecule has 6 nitrogen and oxygen atoms in total. The number of halogens is 1. The van der Waals surface area contributed by atoms with Crippen molar-refractivity contribution in [2.24, 2.45) is 5.16 Å². The number of hydrogen-bond acceptors (Lipinski definition) is 5. The first kappa shape index (κ1) is 14.9. The van der Waals surface area contributed by atoms with E-state index in [9.17, 15) is 4.79 Å². The number of carboxylic acids is 1. The van der Waals surface area contributed by atoms with Crippen molar-refractivity contribution in [3.05, 3.63) is 47.4 Å². The third-order valence-corrected chi connectivity index (χ3v) is 3.03. The standard InChI is InChI=1S/C14H12ClN3O3/c15-13-8-16-12(7-17-13)10-3-1-9(2-4-10)11(18-21)5-6-14(19)20/h1-4,7-8,21H,5-6H2,(H,19,20). The first-order chi connectivity index (χ1) is 10.1. The summed E-state index contributed by atoms with van der Waals surface area (Å²) in [7, 11) is 0. The van der Waals surface area contributed by atoms with Crippen LogP contribution in [-0.4, -0.2) is 32.0 Å². The molecule has 0 aliphatic carbocycles. The SMILES string of the molecule is O=C(O)CCC(=NO)c1ccc(-c2cnc(Cl)cn2)cc1. The average Bonchev–Trinajstić information content (AvgIpc) is 2.49. The van der Waals surface area contributed by atoms with E-state index in [2.05, 4.69) is 15.1 Å². The Bertz CT molecular complexity index is 654.